The molecular formula is C12H22N2O3. The fraction of sp³-hybridized carbons (Fsp3) is 0.750. The van der Waals surface area contributed by atoms with Gasteiger partial charge in [-0.05, 0) is 33.4 Å². The first-order valence-electron chi connectivity index (χ1n) is 5.76. The fourth-order valence-electron chi connectivity index (χ4n) is 1.15. The van der Waals surface area contributed by atoms with Crippen molar-refractivity contribution in [2.45, 2.75) is 25.9 Å². The molecule has 0 heterocycles. The van der Waals surface area contributed by atoms with E-state index >= 15 is 0 Å². The first-order chi connectivity index (χ1) is 8.10. The first kappa shape index (κ1) is 15.8. The number of aliphatic hydroxyl groups is 1. The summed E-state index contributed by atoms with van der Waals surface area (Å²) in [6.45, 7) is 3.50. The Morgan fingerprint density at radius 2 is 2.24 bits per heavy atom. The molecule has 0 fully saturated rings. The molecule has 0 rings (SSSR count). The van der Waals surface area contributed by atoms with Gasteiger partial charge in [0.25, 0.3) is 0 Å². The Hall–Kier alpha value is -1.25. The second kappa shape index (κ2) is 9.94. The summed E-state index contributed by atoms with van der Waals surface area (Å²) in [4.78, 5) is 12.9. The van der Waals surface area contributed by atoms with Crippen molar-refractivity contribution < 1.29 is 14.6 Å². The highest BCUT2D eigenvalue weighted by molar-refractivity contribution is 5.67. The maximum absolute atomic E-state index is 10.9. The smallest absolute Gasteiger partial charge is 0.408 e. The Morgan fingerprint density at radius 1 is 1.53 bits per heavy atom. The molecule has 0 aliphatic carbocycles. The van der Waals surface area contributed by atoms with Crippen LogP contribution in [0.25, 0.3) is 0 Å². The van der Waals surface area contributed by atoms with Crippen molar-refractivity contribution in [2.75, 3.05) is 33.8 Å². The van der Waals surface area contributed by atoms with Crippen LogP contribution >= 0.6 is 0 Å². The van der Waals surface area contributed by atoms with E-state index < -0.39 is 12.2 Å². The monoisotopic (exact) mass is 242 g/mol. The number of ether oxygens (including phenoxy) is 1. The van der Waals surface area contributed by atoms with Gasteiger partial charge in [0.05, 0.1) is 6.54 Å². The summed E-state index contributed by atoms with van der Waals surface area (Å²) < 4.78 is 4.90. The molecule has 0 saturated carbocycles. The van der Waals surface area contributed by atoms with Gasteiger partial charge in [0.15, 0.2) is 6.10 Å². The Labute approximate surface area is 103 Å². The molecule has 0 radical (unpaired) electrons. The highest BCUT2D eigenvalue weighted by Crippen LogP contribution is 1.92. The van der Waals surface area contributed by atoms with Crippen LogP contribution in [-0.2, 0) is 4.74 Å². The number of amides is 1. The quantitative estimate of drug-likeness (QED) is 0.524. The molecule has 2 N–H and O–H groups in total. The highest BCUT2D eigenvalue weighted by atomic mass is 16.6. The van der Waals surface area contributed by atoms with E-state index in [2.05, 4.69) is 22.1 Å². The molecule has 0 spiro atoms. The van der Waals surface area contributed by atoms with E-state index in [0.29, 0.717) is 6.54 Å². The number of unbranched alkanes of at least 4 members (excludes halogenated alkanes) is 1. The average molecular weight is 242 g/mol. The molecule has 0 aromatic rings. The zero-order chi connectivity index (χ0) is 13.1. The van der Waals surface area contributed by atoms with Crippen LogP contribution in [0.4, 0.5) is 4.79 Å². The summed E-state index contributed by atoms with van der Waals surface area (Å²) in [5.74, 6) is 5.79. The summed E-state index contributed by atoms with van der Waals surface area (Å²) in [6.07, 6.45) is 0.899. The lowest BCUT2D eigenvalue weighted by Crippen LogP contribution is -2.24. The van der Waals surface area contributed by atoms with Crippen LogP contribution in [-0.4, -0.2) is 56.0 Å². The van der Waals surface area contributed by atoms with E-state index in [9.17, 15) is 4.79 Å². The van der Waals surface area contributed by atoms with Crippen molar-refractivity contribution in [3.8, 4) is 11.8 Å². The minimum atomic E-state index is -0.469. The van der Waals surface area contributed by atoms with Gasteiger partial charge in [-0.25, -0.2) is 4.79 Å². The molecule has 0 saturated heterocycles. The van der Waals surface area contributed by atoms with Gasteiger partial charge in [0.1, 0.15) is 0 Å². The minimum absolute atomic E-state index is 0.233. The molecule has 0 aliphatic heterocycles. The van der Waals surface area contributed by atoms with Crippen molar-refractivity contribution >= 4 is 6.09 Å². The van der Waals surface area contributed by atoms with Crippen molar-refractivity contribution in [3.63, 3.8) is 0 Å². The van der Waals surface area contributed by atoms with Gasteiger partial charge in [0, 0.05) is 13.7 Å². The minimum Gasteiger partial charge on any atom is -0.433 e. The summed E-state index contributed by atoms with van der Waals surface area (Å²) >= 11 is 0. The standard InChI is InChI=1S/C12H22N2O3/c1-11(17-12(16)13-2)7-6-9-14(3)8-4-5-10-15/h11,15H,4-5,8-10H2,1-3H3,(H,13,16). The number of rotatable bonds is 6. The lowest BCUT2D eigenvalue weighted by Gasteiger charge is -2.12. The average Bonchev–Trinajstić information content (AvgIpc) is 2.29. The van der Waals surface area contributed by atoms with Gasteiger partial charge in [-0.3, -0.25) is 4.90 Å². The molecule has 1 unspecified atom stereocenters. The zero-order valence-electron chi connectivity index (χ0n) is 10.8. The summed E-state index contributed by atoms with van der Waals surface area (Å²) in [5.41, 5.74) is 0. The van der Waals surface area contributed by atoms with Gasteiger partial charge in [-0.2, -0.15) is 0 Å². The van der Waals surface area contributed by atoms with E-state index in [1.807, 2.05) is 7.05 Å². The molecule has 1 amide bonds. The molecule has 5 nitrogen and oxygen atoms in total. The normalized spacial score (nSPS) is 11.6. The first-order valence-corrected chi connectivity index (χ1v) is 5.76. The molecule has 1 atom stereocenters. The highest BCUT2D eigenvalue weighted by Gasteiger charge is 2.02. The molecule has 5 heteroatoms. The van der Waals surface area contributed by atoms with Crippen LogP contribution < -0.4 is 5.32 Å². The van der Waals surface area contributed by atoms with Gasteiger partial charge >= 0.3 is 6.09 Å². The number of carbonyl (C=O) groups excluding carboxylic acids is 1. The van der Waals surface area contributed by atoms with Crippen LogP contribution in [0.5, 0.6) is 0 Å². The second-order valence-electron chi connectivity index (χ2n) is 3.79. The van der Waals surface area contributed by atoms with E-state index in [4.69, 9.17) is 9.84 Å². The number of hydrogen-bond donors (Lipinski definition) is 2. The molecular weight excluding hydrogens is 220 g/mol. The summed E-state index contributed by atoms with van der Waals surface area (Å²) in [7, 11) is 3.48. The van der Waals surface area contributed by atoms with Crippen molar-refractivity contribution in [1.29, 1.82) is 0 Å². The third kappa shape index (κ3) is 9.67. The molecule has 0 aromatic heterocycles. The van der Waals surface area contributed by atoms with Crippen LogP contribution in [0.2, 0.25) is 0 Å². The Kier molecular flexibility index (Phi) is 9.21. The summed E-state index contributed by atoms with van der Waals surface area (Å²) in [6, 6.07) is 0. The van der Waals surface area contributed by atoms with Gasteiger partial charge in [-0.1, -0.05) is 11.8 Å². The predicted octanol–water partition coefficient (Wildman–Crippen LogP) is 0.439. The van der Waals surface area contributed by atoms with Crippen LogP contribution in [0.1, 0.15) is 19.8 Å². The number of hydrogen-bond acceptors (Lipinski definition) is 4. The van der Waals surface area contributed by atoms with Crippen LogP contribution in [0.3, 0.4) is 0 Å². The maximum atomic E-state index is 10.9. The third-order valence-corrected chi connectivity index (χ3v) is 2.09. The van der Waals surface area contributed by atoms with E-state index in [1.54, 1.807) is 6.92 Å². The SMILES string of the molecule is CNC(=O)OC(C)C#CCN(C)CCCCO. The third-order valence-electron chi connectivity index (χ3n) is 2.09. The van der Waals surface area contributed by atoms with Crippen LogP contribution in [0, 0.1) is 11.8 Å². The summed E-state index contributed by atoms with van der Waals surface area (Å²) in [5, 5.41) is 11.0. The number of carbonyl (C=O) groups is 1. The number of nitrogens with one attached hydrogen (secondary N) is 1. The fourth-order valence-corrected chi connectivity index (χ4v) is 1.15. The van der Waals surface area contributed by atoms with Gasteiger partial charge in [-0.15, -0.1) is 0 Å². The molecule has 0 bridgehead atoms. The maximum Gasteiger partial charge on any atom is 0.408 e. The lowest BCUT2D eigenvalue weighted by atomic mass is 10.3. The Morgan fingerprint density at radius 3 is 2.82 bits per heavy atom. The van der Waals surface area contributed by atoms with Crippen molar-refractivity contribution in [2.24, 2.45) is 0 Å². The Balaban J connectivity index is 3.74. The van der Waals surface area contributed by atoms with Gasteiger partial charge < -0.3 is 15.2 Å². The largest absolute Gasteiger partial charge is 0.433 e. The predicted molar refractivity (Wildman–Crippen MR) is 66.6 cm³/mol. The number of alkyl carbamates (subject to hydrolysis) is 1. The van der Waals surface area contributed by atoms with Crippen LogP contribution in [0.15, 0.2) is 0 Å². The molecule has 98 valence electrons. The van der Waals surface area contributed by atoms with E-state index in [0.717, 1.165) is 19.4 Å². The number of nitrogens with zero attached hydrogens (tertiary/aromatic N) is 1. The Bertz CT molecular complexity index is 271. The van der Waals surface area contributed by atoms with E-state index in [-0.39, 0.29) is 6.61 Å². The van der Waals surface area contributed by atoms with Gasteiger partial charge in [0.2, 0.25) is 0 Å². The van der Waals surface area contributed by atoms with E-state index in [1.165, 1.54) is 7.05 Å². The zero-order valence-corrected chi connectivity index (χ0v) is 10.8. The van der Waals surface area contributed by atoms with Crippen molar-refractivity contribution in [1.82, 2.24) is 10.2 Å². The lowest BCUT2D eigenvalue weighted by molar-refractivity contribution is 0.132. The number of aliphatic hydroxyl groups excluding tert-OH is 1. The van der Waals surface area contributed by atoms with Crippen molar-refractivity contribution in [3.05, 3.63) is 0 Å². The molecule has 0 aromatic carbocycles. The molecule has 17 heavy (non-hydrogen) atoms. The topological polar surface area (TPSA) is 61.8 Å². The second-order valence-corrected chi connectivity index (χ2v) is 3.79. The molecule has 0 aliphatic rings.